The average Bonchev–Trinajstić information content (AvgIpc) is 2.51. The molecule has 1 heterocycles. The third-order valence-corrected chi connectivity index (χ3v) is 3.17. The van der Waals surface area contributed by atoms with Crippen molar-refractivity contribution in [1.29, 1.82) is 0 Å². The van der Waals surface area contributed by atoms with Gasteiger partial charge in [0.15, 0.2) is 0 Å². The van der Waals surface area contributed by atoms with Crippen LogP contribution in [0.5, 0.6) is 0 Å². The SMILES string of the molecule is CCCCCCCc1cnc(C)s1. The molecule has 1 rings (SSSR count). The van der Waals surface area contributed by atoms with Gasteiger partial charge in [-0.05, 0) is 19.8 Å². The van der Waals surface area contributed by atoms with Crippen LogP contribution in [0.25, 0.3) is 0 Å². The van der Waals surface area contributed by atoms with Crippen molar-refractivity contribution in [1.82, 2.24) is 4.98 Å². The number of thiazole rings is 1. The Morgan fingerprint density at radius 1 is 1.23 bits per heavy atom. The molecule has 1 aromatic rings. The second kappa shape index (κ2) is 6.14. The van der Waals surface area contributed by atoms with E-state index < -0.39 is 0 Å². The van der Waals surface area contributed by atoms with Crippen molar-refractivity contribution in [3.05, 3.63) is 16.1 Å². The minimum Gasteiger partial charge on any atom is -0.250 e. The van der Waals surface area contributed by atoms with Crippen molar-refractivity contribution < 1.29 is 0 Å². The van der Waals surface area contributed by atoms with Gasteiger partial charge < -0.3 is 0 Å². The lowest BCUT2D eigenvalue weighted by Gasteiger charge is -1.97. The Bertz CT molecular complexity index is 230. The van der Waals surface area contributed by atoms with Crippen LogP contribution in [0.3, 0.4) is 0 Å². The van der Waals surface area contributed by atoms with E-state index in [9.17, 15) is 0 Å². The van der Waals surface area contributed by atoms with E-state index in [1.165, 1.54) is 48.4 Å². The lowest BCUT2D eigenvalue weighted by molar-refractivity contribution is 0.634. The van der Waals surface area contributed by atoms with Crippen LogP contribution in [0.2, 0.25) is 0 Å². The highest BCUT2D eigenvalue weighted by Crippen LogP contribution is 2.15. The van der Waals surface area contributed by atoms with Crippen molar-refractivity contribution in [2.45, 2.75) is 52.4 Å². The van der Waals surface area contributed by atoms with Crippen molar-refractivity contribution in [2.75, 3.05) is 0 Å². The summed E-state index contributed by atoms with van der Waals surface area (Å²) >= 11 is 1.84. The maximum atomic E-state index is 4.25. The van der Waals surface area contributed by atoms with Crippen LogP contribution in [-0.4, -0.2) is 4.98 Å². The van der Waals surface area contributed by atoms with Gasteiger partial charge in [0.1, 0.15) is 0 Å². The minimum absolute atomic E-state index is 1.20. The van der Waals surface area contributed by atoms with E-state index in [1.54, 1.807) is 0 Å². The summed E-state index contributed by atoms with van der Waals surface area (Å²) in [5.41, 5.74) is 0. The summed E-state index contributed by atoms with van der Waals surface area (Å²) < 4.78 is 0. The highest BCUT2D eigenvalue weighted by Gasteiger charge is 1.97. The van der Waals surface area contributed by atoms with Gasteiger partial charge >= 0.3 is 0 Å². The van der Waals surface area contributed by atoms with Crippen molar-refractivity contribution in [3.63, 3.8) is 0 Å². The first-order valence-corrected chi connectivity index (χ1v) is 6.06. The van der Waals surface area contributed by atoms with Crippen molar-refractivity contribution >= 4 is 11.3 Å². The highest BCUT2D eigenvalue weighted by molar-refractivity contribution is 7.11. The molecule has 0 aliphatic carbocycles. The summed E-state index contributed by atoms with van der Waals surface area (Å²) in [6.45, 7) is 4.33. The Balaban J connectivity index is 2.06. The molecule has 0 fully saturated rings. The molecule has 0 N–H and O–H groups in total. The van der Waals surface area contributed by atoms with E-state index in [4.69, 9.17) is 0 Å². The Morgan fingerprint density at radius 2 is 2.00 bits per heavy atom. The summed E-state index contributed by atoms with van der Waals surface area (Å²) in [4.78, 5) is 5.70. The summed E-state index contributed by atoms with van der Waals surface area (Å²) in [7, 11) is 0. The molecular formula is C11H19NS. The van der Waals surface area contributed by atoms with E-state index >= 15 is 0 Å². The first kappa shape index (κ1) is 10.7. The largest absolute Gasteiger partial charge is 0.250 e. The molecule has 0 aliphatic heterocycles. The molecule has 0 atom stereocenters. The van der Waals surface area contributed by atoms with Crippen LogP contribution in [-0.2, 0) is 6.42 Å². The van der Waals surface area contributed by atoms with Gasteiger partial charge in [-0.3, -0.25) is 0 Å². The smallest absolute Gasteiger partial charge is 0.0896 e. The van der Waals surface area contributed by atoms with Crippen LogP contribution in [0, 0.1) is 6.92 Å². The second-order valence-corrected chi connectivity index (χ2v) is 4.83. The van der Waals surface area contributed by atoms with Gasteiger partial charge in [-0.25, -0.2) is 4.98 Å². The van der Waals surface area contributed by atoms with Gasteiger partial charge in [-0.1, -0.05) is 32.6 Å². The number of unbranched alkanes of at least 4 members (excludes halogenated alkanes) is 4. The fourth-order valence-corrected chi connectivity index (χ4v) is 2.26. The van der Waals surface area contributed by atoms with Gasteiger partial charge in [0.25, 0.3) is 0 Å². The molecule has 0 spiro atoms. The lowest BCUT2D eigenvalue weighted by atomic mass is 10.1. The lowest BCUT2D eigenvalue weighted by Crippen LogP contribution is -1.81. The third kappa shape index (κ3) is 4.41. The third-order valence-electron chi connectivity index (χ3n) is 2.20. The highest BCUT2D eigenvalue weighted by atomic mass is 32.1. The van der Waals surface area contributed by atoms with Crippen LogP contribution < -0.4 is 0 Å². The Hall–Kier alpha value is -0.370. The van der Waals surface area contributed by atoms with Gasteiger partial charge in [0, 0.05) is 11.1 Å². The molecule has 13 heavy (non-hydrogen) atoms. The number of aromatic nitrogens is 1. The predicted molar refractivity (Wildman–Crippen MR) is 59.3 cm³/mol. The Kier molecular flexibility index (Phi) is 5.06. The number of hydrogen-bond donors (Lipinski definition) is 0. The number of hydrogen-bond acceptors (Lipinski definition) is 2. The molecular weight excluding hydrogens is 178 g/mol. The summed E-state index contributed by atoms with van der Waals surface area (Å²) in [6.07, 6.45) is 10.1. The molecule has 0 unspecified atom stereocenters. The summed E-state index contributed by atoms with van der Waals surface area (Å²) in [5.74, 6) is 0. The van der Waals surface area contributed by atoms with Crippen molar-refractivity contribution in [3.8, 4) is 0 Å². The maximum Gasteiger partial charge on any atom is 0.0896 e. The summed E-state index contributed by atoms with van der Waals surface area (Å²) in [5, 5.41) is 1.20. The standard InChI is InChI=1S/C11H19NS/c1-3-4-5-6-7-8-11-9-12-10(2)13-11/h9H,3-8H2,1-2H3. The predicted octanol–water partition coefficient (Wildman–Crippen LogP) is 3.96. The first-order chi connectivity index (χ1) is 6.33. The van der Waals surface area contributed by atoms with E-state index in [0.29, 0.717) is 0 Å². The molecule has 0 saturated heterocycles. The molecule has 1 aromatic heterocycles. The molecule has 0 bridgehead atoms. The molecule has 0 aromatic carbocycles. The summed E-state index contributed by atoms with van der Waals surface area (Å²) in [6, 6.07) is 0. The van der Waals surface area contributed by atoms with Crippen LogP contribution in [0.4, 0.5) is 0 Å². The molecule has 0 saturated carbocycles. The number of aryl methyl sites for hydroxylation is 2. The first-order valence-electron chi connectivity index (χ1n) is 5.24. The molecule has 2 heteroatoms. The Morgan fingerprint density at radius 3 is 2.62 bits per heavy atom. The van der Waals surface area contributed by atoms with Gasteiger partial charge in [0.05, 0.1) is 5.01 Å². The zero-order valence-electron chi connectivity index (χ0n) is 8.68. The number of rotatable bonds is 6. The number of nitrogens with zero attached hydrogens (tertiary/aromatic N) is 1. The molecule has 1 nitrogen and oxygen atoms in total. The molecule has 0 radical (unpaired) electrons. The van der Waals surface area contributed by atoms with Gasteiger partial charge in [0.2, 0.25) is 0 Å². The molecule has 0 aliphatic rings. The van der Waals surface area contributed by atoms with Crippen molar-refractivity contribution in [2.24, 2.45) is 0 Å². The molecule has 74 valence electrons. The van der Waals surface area contributed by atoms with Crippen LogP contribution in [0.15, 0.2) is 6.20 Å². The van der Waals surface area contributed by atoms with E-state index in [1.807, 2.05) is 17.5 Å². The normalized spacial score (nSPS) is 10.6. The fraction of sp³-hybridized carbons (Fsp3) is 0.727. The van der Waals surface area contributed by atoms with Crippen LogP contribution >= 0.6 is 11.3 Å². The minimum atomic E-state index is 1.20. The topological polar surface area (TPSA) is 12.9 Å². The zero-order chi connectivity index (χ0) is 9.52. The zero-order valence-corrected chi connectivity index (χ0v) is 9.49. The van der Waals surface area contributed by atoms with E-state index in [-0.39, 0.29) is 0 Å². The molecule has 0 amide bonds. The Labute approximate surface area is 85.2 Å². The van der Waals surface area contributed by atoms with E-state index in [0.717, 1.165) is 0 Å². The average molecular weight is 197 g/mol. The monoisotopic (exact) mass is 197 g/mol. The second-order valence-electron chi connectivity index (χ2n) is 3.51. The quantitative estimate of drug-likeness (QED) is 0.629. The maximum absolute atomic E-state index is 4.25. The van der Waals surface area contributed by atoms with E-state index in [2.05, 4.69) is 18.8 Å². The van der Waals surface area contributed by atoms with Gasteiger partial charge in [-0.15, -0.1) is 11.3 Å². The van der Waals surface area contributed by atoms with Crippen LogP contribution in [0.1, 0.15) is 48.9 Å². The van der Waals surface area contributed by atoms with Gasteiger partial charge in [-0.2, -0.15) is 0 Å². The fourth-order valence-electron chi connectivity index (χ4n) is 1.42.